The van der Waals surface area contributed by atoms with Crippen molar-refractivity contribution >= 4 is 15.9 Å². The first-order valence-corrected chi connectivity index (χ1v) is 7.11. The van der Waals surface area contributed by atoms with Crippen LogP contribution in [0.2, 0.25) is 0 Å². The Labute approximate surface area is 113 Å². The van der Waals surface area contributed by atoms with Crippen molar-refractivity contribution in [3.05, 3.63) is 34.3 Å². The maximum absolute atomic E-state index is 3.68. The molecule has 1 heterocycles. The molecule has 1 aromatic rings. The van der Waals surface area contributed by atoms with Crippen LogP contribution < -0.4 is 5.32 Å². The summed E-state index contributed by atoms with van der Waals surface area (Å²) in [5.74, 6) is 0.706. The maximum Gasteiger partial charge on any atom is 0.0393 e. The average molecular weight is 297 g/mol. The molecule has 0 saturated carbocycles. The van der Waals surface area contributed by atoms with Crippen LogP contribution in [0.15, 0.2) is 28.7 Å². The van der Waals surface area contributed by atoms with Crippen molar-refractivity contribution < 1.29 is 0 Å². The monoisotopic (exact) mass is 296 g/mol. The van der Waals surface area contributed by atoms with Gasteiger partial charge < -0.3 is 10.2 Å². The van der Waals surface area contributed by atoms with E-state index in [4.69, 9.17) is 0 Å². The quantitative estimate of drug-likeness (QED) is 0.922. The van der Waals surface area contributed by atoms with Gasteiger partial charge >= 0.3 is 0 Å². The molecule has 1 aliphatic heterocycles. The molecule has 0 spiro atoms. The molecule has 0 bridgehead atoms. The lowest BCUT2D eigenvalue weighted by Crippen LogP contribution is -2.38. The Morgan fingerprint density at radius 2 is 2.12 bits per heavy atom. The van der Waals surface area contributed by atoms with E-state index in [0.717, 1.165) is 6.54 Å². The highest BCUT2D eigenvalue weighted by Crippen LogP contribution is 2.34. The third-order valence-electron chi connectivity index (χ3n) is 3.56. The number of hydrogen-bond acceptors (Lipinski definition) is 2. The minimum absolute atomic E-state index is 0.498. The summed E-state index contributed by atoms with van der Waals surface area (Å²) in [6, 6.07) is 9.09. The highest BCUT2D eigenvalue weighted by Gasteiger charge is 2.27. The number of piperidine rings is 1. The molecule has 0 aliphatic carbocycles. The Morgan fingerprint density at radius 3 is 2.71 bits per heavy atom. The first kappa shape index (κ1) is 13.1. The summed E-state index contributed by atoms with van der Waals surface area (Å²) in [4.78, 5) is 2.35. The fraction of sp³-hybridized carbons (Fsp3) is 0.571. The lowest BCUT2D eigenvalue weighted by atomic mass is 9.86. The lowest BCUT2D eigenvalue weighted by Gasteiger charge is -2.36. The van der Waals surface area contributed by atoms with E-state index in [1.165, 1.54) is 29.4 Å². The Bertz CT molecular complexity index is 359. The largest absolute Gasteiger partial charge is 0.316 e. The predicted molar refractivity (Wildman–Crippen MR) is 76.2 cm³/mol. The van der Waals surface area contributed by atoms with Crippen LogP contribution in [0.1, 0.15) is 24.4 Å². The standard InChI is InChI=1S/C14H21BrN2/c1-17(2)14(11-6-5-9-16-10-11)12-7-3-4-8-13(12)15/h3-4,7-8,11,14,16H,5-6,9-10H2,1-2H3. The molecule has 0 amide bonds. The van der Waals surface area contributed by atoms with E-state index < -0.39 is 0 Å². The molecule has 3 heteroatoms. The van der Waals surface area contributed by atoms with Crippen LogP contribution in [0.25, 0.3) is 0 Å². The molecule has 1 aromatic carbocycles. The number of nitrogens with one attached hydrogen (secondary N) is 1. The smallest absolute Gasteiger partial charge is 0.0393 e. The second-order valence-corrected chi connectivity index (χ2v) is 5.89. The Morgan fingerprint density at radius 1 is 1.35 bits per heavy atom. The molecule has 2 nitrogen and oxygen atoms in total. The molecule has 1 aliphatic rings. The third-order valence-corrected chi connectivity index (χ3v) is 4.28. The van der Waals surface area contributed by atoms with E-state index in [0.29, 0.717) is 12.0 Å². The number of hydrogen-bond donors (Lipinski definition) is 1. The highest BCUT2D eigenvalue weighted by atomic mass is 79.9. The van der Waals surface area contributed by atoms with Crippen molar-refractivity contribution in [1.82, 2.24) is 10.2 Å². The number of rotatable bonds is 3. The van der Waals surface area contributed by atoms with Gasteiger partial charge in [-0.3, -0.25) is 0 Å². The molecule has 94 valence electrons. The van der Waals surface area contributed by atoms with Gasteiger partial charge in [0, 0.05) is 10.5 Å². The van der Waals surface area contributed by atoms with Gasteiger partial charge in [0.1, 0.15) is 0 Å². The molecule has 17 heavy (non-hydrogen) atoms. The van der Waals surface area contributed by atoms with Crippen LogP contribution in [0.5, 0.6) is 0 Å². The first-order valence-electron chi connectivity index (χ1n) is 6.31. The van der Waals surface area contributed by atoms with Crippen LogP contribution in [0.4, 0.5) is 0 Å². The zero-order valence-corrected chi connectivity index (χ0v) is 12.2. The Kier molecular flexibility index (Phi) is 4.60. The van der Waals surface area contributed by atoms with Crippen molar-refractivity contribution in [2.45, 2.75) is 18.9 Å². The lowest BCUT2D eigenvalue weighted by molar-refractivity contribution is 0.180. The normalized spacial score (nSPS) is 22.7. The van der Waals surface area contributed by atoms with Gasteiger partial charge in [-0.1, -0.05) is 34.1 Å². The second kappa shape index (κ2) is 5.98. The molecule has 1 saturated heterocycles. The molecule has 2 rings (SSSR count). The number of halogens is 1. The zero-order chi connectivity index (χ0) is 12.3. The van der Waals surface area contributed by atoms with Crippen LogP contribution in [0.3, 0.4) is 0 Å². The zero-order valence-electron chi connectivity index (χ0n) is 10.6. The van der Waals surface area contributed by atoms with E-state index in [1.807, 2.05) is 0 Å². The van der Waals surface area contributed by atoms with E-state index in [2.05, 4.69) is 64.5 Å². The van der Waals surface area contributed by atoms with Gasteiger partial charge in [0.25, 0.3) is 0 Å². The van der Waals surface area contributed by atoms with Crippen LogP contribution >= 0.6 is 15.9 Å². The topological polar surface area (TPSA) is 15.3 Å². The minimum atomic E-state index is 0.498. The molecule has 2 unspecified atom stereocenters. The number of nitrogens with zero attached hydrogens (tertiary/aromatic N) is 1. The molecule has 1 fully saturated rings. The van der Waals surface area contributed by atoms with Gasteiger partial charge in [-0.25, -0.2) is 0 Å². The second-order valence-electron chi connectivity index (χ2n) is 5.04. The van der Waals surface area contributed by atoms with Gasteiger partial charge in [-0.05, 0) is 57.6 Å². The third kappa shape index (κ3) is 3.09. The minimum Gasteiger partial charge on any atom is -0.316 e. The van der Waals surface area contributed by atoms with Gasteiger partial charge in [0.2, 0.25) is 0 Å². The van der Waals surface area contributed by atoms with Crippen molar-refractivity contribution in [3.63, 3.8) is 0 Å². The Balaban J connectivity index is 2.25. The highest BCUT2D eigenvalue weighted by molar-refractivity contribution is 9.10. The van der Waals surface area contributed by atoms with Crippen molar-refractivity contribution in [2.75, 3.05) is 27.2 Å². The van der Waals surface area contributed by atoms with Crippen LogP contribution in [0, 0.1) is 5.92 Å². The molecule has 0 aromatic heterocycles. The van der Waals surface area contributed by atoms with E-state index in [-0.39, 0.29) is 0 Å². The summed E-state index contributed by atoms with van der Waals surface area (Å²) >= 11 is 3.68. The molecular weight excluding hydrogens is 276 g/mol. The van der Waals surface area contributed by atoms with Crippen LogP contribution in [-0.4, -0.2) is 32.1 Å². The predicted octanol–water partition coefficient (Wildman–Crippen LogP) is 3.05. The summed E-state index contributed by atoms with van der Waals surface area (Å²) < 4.78 is 1.23. The summed E-state index contributed by atoms with van der Waals surface area (Å²) in [6.45, 7) is 2.30. The molecule has 1 N–H and O–H groups in total. The molecule has 0 radical (unpaired) electrons. The average Bonchev–Trinajstić information content (AvgIpc) is 2.33. The SMILES string of the molecule is CN(C)C(c1ccccc1Br)C1CCCNC1. The van der Waals surface area contributed by atoms with E-state index in [9.17, 15) is 0 Å². The first-order chi connectivity index (χ1) is 8.20. The fourth-order valence-electron chi connectivity index (χ4n) is 2.82. The summed E-state index contributed by atoms with van der Waals surface area (Å²) in [5, 5.41) is 3.52. The van der Waals surface area contributed by atoms with Gasteiger partial charge in [0.05, 0.1) is 0 Å². The Hall–Kier alpha value is -0.380. The number of benzene rings is 1. The van der Waals surface area contributed by atoms with Gasteiger partial charge in [0.15, 0.2) is 0 Å². The summed E-state index contributed by atoms with van der Waals surface area (Å²) in [6.07, 6.45) is 2.61. The molecule has 2 atom stereocenters. The van der Waals surface area contributed by atoms with Gasteiger partial charge in [-0.2, -0.15) is 0 Å². The summed E-state index contributed by atoms with van der Waals surface area (Å²) in [5.41, 5.74) is 1.41. The van der Waals surface area contributed by atoms with Crippen LogP contribution in [-0.2, 0) is 0 Å². The maximum atomic E-state index is 3.68. The molecular formula is C14H21BrN2. The van der Waals surface area contributed by atoms with E-state index >= 15 is 0 Å². The van der Waals surface area contributed by atoms with Crippen molar-refractivity contribution in [2.24, 2.45) is 5.92 Å². The van der Waals surface area contributed by atoms with Crippen molar-refractivity contribution in [3.8, 4) is 0 Å². The van der Waals surface area contributed by atoms with Crippen molar-refractivity contribution in [1.29, 1.82) is 0 Å². The fourth-order valence-corrected chi connectivity index (χ4v) is 3.34. The summed E-state index contributed by atoms with van der Waals surface area (Å²) in [7, 11) is 4.36. The van der Waals surface area contributed by atoms with E-state index in [1.54, 1.807) is 0 Å². The van der Waals surface area contributed by atoms with Gasteiger partial charge in [-0.15, -0.1) is 0 Å².